The lowest BCUT2D eigenvalue weighted by Crippen LogP contribution is -2.45. The molecule has 0 unspecified atom stereocenters. The van der Waals surface area contributed by atoms with Crippen molar-refractivity contribution in [3.8, 4) is 0 Å². The molecule has 0 heterocycles. The Morgan fingerprint density at radius 3 is 2.21 bits per heavy atom. The van der Waals surface area contributed by atoms with Crippen molar-refractivity contribution in [3.05, 3.63) is 60.2 Å². The second-order valence-corrected chi connectivity index (χ2v) is 6.52. The third kappa shape index (κ3) is 5.43. The Bertz CT molecular complexity index is 706. The summed E-state index contributed by atoms with van der Waals surface area (Å²) in [6, 6.07) is 16.8. The van der Waals surface area contributed by atoms with Crippen LogP contribution in [0.1, 0.15) is 31.1 Å². The van der Waals surface area contributed by atoms with Crippen LogP contribution in [0, 0.1) is 0 Å². The molecule has 0 fully saturated rings. The second kappa shape index (κ2) is 7.64. The molecule has 0 aliphatic heterocycles. The number of rotatable bonds is 5. The van der Waals surface area contributed by atoms with Crippen LogP contribution in [-0.4, -0.2) is 23.9 Å². The van der Waals surface area contributed by atoms with Crippen LogP contribution in [0.4, 0.5) is 11.4 Å². The molecule has 2 amide bonds. The largest absolute Gasteiger partial charge is 0.355 e. The summed E-state index contributed by atoms with van der Waals surface area (Å²) in [6.07, 6.45) is 0. The first kappa shape index (κ1) is 17.5. The van der Waals surface area contributed by atoms with Crippen LogP contribution in [0.25, 0.3) is 0 Å². The van der Waals surface area contributed by atoms with Gasteiger partial charge in [0.25, 0.3) is 5.91 Å². The highest BCUT2D eigenvalue weighted by molar-refractivity contribution is 6.01. The lowest BCUT2D eigenvalue weighted by Gasteiger charge is -2.20. The van der Waals surface area contributed by atoms with Gasteiger partial charge in [0.15, 0.2) is 0 Å². The minimum atomic E-state index is -0.325. The molecule has 126 valence electrons. The van der Waals surface area contributed by atoms with E-state index >= 15 is 0 Å². The summed E-state index contributed by atoms with van der Waals surface area (Å²) >= 11 is 0. The molecule has 2 aromatic carbocycles. The van der Waals surface area contributed by atoms with E-state index < -0.39 is 0 Å². The molecule has 0 radical (unpaired) electrons. The standard InChI is InChI=1S/C19H23N3O2/c1-19(2,3)22-17(23)13-20-18(24)15-11-7-8-12-16(15)21-14-9-5-4-6-10-14/h4-12,21H,13H2,1-3H3,(H,20,24)(H,22,23). The SMILES string of the molecule is CC(C)(C)NC(=O)CNC(=O)c1ccccc1Nc1ccccc1. The Labute approximate surface area is 142 Å². The molecule has 0 aliphatic carbocycles. The van der Waals surface area contributed by atoms with Crippen molar-refractivity contribution in [2.45, 2.75) is 26.3 Å². The van der Waals surface area contributed by atoms with Crippen LogP contribution in [0.3, 0.4) is 0 Å². The highest BCUT2D eigenvalue weighted by Gasteiger charge is 2.16. The highest BCUT2D eigenvalue weighted by atomic mass is 16.2. The summed E-state index contributed by atoms with van der Waals surface area (Å²) < 4.78 is 0. The van der Waals surface area contributed by atoms with E-state index in [0.717, 1.165) is 5.69 Å². The van der Waals surface area contributed by atoms with Gasteiger partial charge in [0.1, 0.15) is 0 Å². The highest BCUT2D eigenvalue weighted by Crippen LogP contribution is 2.20. The molecule has 5 heteroatoms. The minimum Gasteiger partial charge on any atom is -0.355 e. The molecule has 0 saturated heterocycles. The number of carbonyl (C=O) groups excluding carboxylic acids is 2. The van der Waals surface area contributed by atoms with Crippen molar-refractivity contribution >= 4 is 23.2 Å². The maximum absolute atomic E-state index is 12.4. The zero-order chi connectivity index (χ0) is 17.6. The van der Waals surface area contributed by atoms with E-state index in [9.17, 15) is 9.59 Å². The van der Waals surface area contributed by atoms with Gasteiger partial charge in [0.2, 0.25) is 5.91 Å². The molecule has 24 heavy (non-hydrogen) atoms. The Hall–Kier alpha value is -2.82. The predicted octanol–water partition coefficient (Wildman–Crippen LogP) is 3.07. The fourth-order valence-electron chi connectivity index (χ4n) is 2.19. The summed E-state index contributed by atoms with van der Waals surface area (Å²) in [7, 11) is 0. The van der Waals surface area contributed by atoms with E-state index in [1.807, 2.05) is 63.2 Å². The summed E-state index contributed by atoms with van der Waals surface area (Å²) in [6.45, 7) is 5.62. The fourth-order valence-corrected chi connectivity index (χ4v) is 2.19. The molecule has 0 aromatic heterocycles. The van der Waals surface area contributed by atoms with E-state index in [1.54, 1.807) is 12.1 Å². The Kier molecular flexibility index (Phi) is 5.58. The van der Waals surface area contributed by atoms with Gasteiger partial charge < -0.3 is 16.0 Å². The van der Waals surface area contributed by atoms with Crippen molar-refractivity contribution in [3.63, 3.8) is 0 Å². The zero-order valence-corrected chi connectivity index (χ0v) is 14.2. The molecule has 0 saturated carbocycles. The molecule has 5 nitrogen and oxygen atoms in total. The van der Waals surface area contributed by atoms with Crippen LogP contribution in [-0.2, 0) is 4.79 Å². The monoisotopic (exact) mass is 325 g/mol. The number of amides is 2. The molecular weight excluding hydrogens is 302 g/mol. The molecular formula is C19H23N3O2. The van der Waals surface area contributed by atoms with E-state index in [-0.39, 0.29) is 23.9 Å². The smallest absolute Gasteiger partial charge is 0.253 e. The van der Waals surface area contributed by atoms with Gasteiger partial charge in [-0.25, -0.2) is 0 Å². The predicted molar refractivity (Wildman–Crippen MR) is 96.4 cm³/mol. The first-order chi connectivity index (χ1) is 11.3. The van der Waals surface area contributed by atoms with Gasteiger partial charge in [-0.1, -0.05) is 30.3 Å². The quantitative estimate of drug-likeness (QED) is 0.791. The number of anilines is 2. The minimum absolute atomic E-state index is 0.0597. The fraction of sp³-hybridized carbons (Fsp3) is 0.263. The third-order valence-corrected chi connectivity index (χ3v) is 3.15. The van der Waals surface area contributed by atoms with Crippen molar-refractivity contribution in [2.75, 3.05) is 11.9 Å². The molecule has 3 N–H and O–H groups in total. The van der Waals surface area contributed by atoms with Crippen molar-refractivity contribution < 1.29 is 9.59 Å². The average molecular weight is 325 g/mol. The van der Waals surface area contributed by atoms with Crippen molar-refractivity contribution in [1.82, 2.24) is 10.6 Å². The van der Waals surface area contributed by atoms with Gasteiger partial charge in [-0.3, -0.25) is 9.59 Å². The lowest BCUT2D eigenvalue weighted by atomic mass is 10.1. The van der Waals surface area contributed by atoms with E-state index in [2.05, 4.69) is 16.0 Å². The molecule has 0 spiro atoms. The van der Waals surface area contributed by atoms with Crippen LogP contribution in [0.5, 0.6) is 0 Å². The Morgan fingerprint density at radius 2 is 1.54 bits per heavy atom. The molecule has 2 rings (SSSR count). The number of hydrogen-bond acceptors (Lipinski definition) is 3. The normalized spacial score (nSPS) is 10.8. The van der Waals surface area contributed by atoms with Crippen molar-refractivity contribution in [1.29, 1.82) is 0 Å². The van der Waals surface area contributed by atoms with Gasteiger partial charge in [-0.2, -0.15) is 0 Å². The van der Waals surface area contributed by atoms with E-state index in [1.165, 1.54) is 0 Å². The van der Waals surface area contributed by atoms with Crippen molar-refractivity contribution in [2.24, 2.45) is 0 Å². The summed E-state index contributed by atoms with van der Waals surface area (Å²) in [5.41, 5.74) is 1.75. The molecule has 2 aromatic rings. The van der Waals surface area contributed by atoms with Crippen LogP contribution in [0.2, 0.25) is 0 Å². The van der Waals surface area contributed by atoms with Gasteiger partial charge >= 0.3 is 0 Å². The summed E-state index contributed by atoms with van der Waals surface area (Å²) in [5, 5.41) is 8.69. The lowest BCUT2D eigenvalue weighted by molar-refractivity contribution is -0.121. The third-order valence-electron chi connectivity index (χ3n) is 3.15. The van der Waals surface area contributed by atoms with Crippen LogP contribution < -0.4 is 16.0 Å². The molecule has 0 aliphatic rings. The maximum Gasteiger partial charge on any atom is 0.253 e. The Morgan fingerprint density at radius 1 is 0.917 bits per heavy atom. The number of benzene rings is 2. The van der Waals surface area contributed by atoms with Gasteiger partial charge in [-0.15, -0.1) is 0 Å². The van der Waals surface area contributed by atoms with Gasteiger partial charge in [0.05, 0.1) is 17.8 Å². The Balaban J connectivity index is 2.03. The summed E-state index contributed by atoms with van der Waals surface area (Å²) in [4.78, 5) is 24.2. The molecule has 0 atom stereocenters. The first-order valence-electron chi connectivity index (χ1n) is 7.85. The number of carbonyl (C=O) groups is 2. The van der Waals surface area contributed by atoms with E-state index in [4.69, 9.17) is 0 Å². The van der Waals surface area contributed by atoms with E-state index in [0.29, 0.717) is 11.3 Å². The maximum atomic E-state index is 12.4. The average Bonchev–Trinajstić information content (AvgIpc) is 2.52. The molecule has 0 bridgehead atoms. The van der Waals surface area contributed by atoms with Crippen LogP contribution in [0.15, 0.2) is 54.6 Å². The number of para-hydroxylation sites is 2. The van der Waals surface area contributed by atoms with Crippen LogP contribution >= 0.6 is 0 Å². The first-order valence-corrected chi connectivity index (χ1v) is 7.85. The topological polar surface area (TPSA) is 70.2 Å². The second-order valence-electron chi connectivity index (χ2n) is 6.52. The van der Waals surface area contributed by atoms with Gasteiger partial charge in [-0.05, 0) is 45.0 Å². The zero-order valence-electron chi connectivity index (χ0n) is 14.2. The van der Waals surface area contributed by atoms with Gasteiger partial charge in [0, 0.05) is 11.2 Å². The summed E-state index contributed by atoms with van der Waals surface area (Å²) in [5.74, 6) is -0.512. The number of nitrogens with one attached hydrogen (secondary N) is 3. The number of hydrogen-bond donors (Lipinski definition) is 3.